The molecular formula is C19H21N3O3S. The third kappa shape index (κ3) is 5.86. The molecule has 136 valence electrons. The van der Waals surface area contributed by atoms with E-state index in [0.29, 0.717) is 29.3 Å². The number of carbonyl (C=O) groups is 2. The molecule has 0 aliphatic rings. The minimum atomic E-state index is -0.343. The minimum absolute atomic E-state index is 0.141. The molecule has 2 amide bonds. The molecule has 0 saturated carbocycles. The summed E-state index contributed by atoms with van der Waals surface area (Å²) in [6.45, 7) is 3.98. The number of anilines is 2. The largest absolute Gasteiger partial charge is 0.493 e. The number of benzene rings is 2. The molecule has 0 heterocycles. The van der Waals surface area contributed by atoms with Crippen molar-refractivity contribution in [2.75, 3.05) is 17.2 Å². The molecule has 6 nitrogen and oxygen atoms in total. The molecule has 2 aromatic carbocycles. The van der Waals surface area contributed by atoms with Crippen LogP contribution in [0.1, 0.15) is 30.6 Å². The van der Waals surface area contributed by atoms with E-state index in [1.165, 1.54) is 6.92 Å². The second kappa shape index (κ2) is 9.53. The number of amides is 2. The van der Waals surface area contributed by atoms with E-state index in [9.17, 15) is 9.59 Å². The first-order chi connectivity index (χ1) is 12.5. The summed E-state index contributed by atoms with van der Waals surface area (Å²) < 4.78 is 5.59. The summed E-state index contributed by atoms with van der Waals surface area (Å²) >= 11 is 5.19. The van der Waals surface area contributed by atoms with Crippen LogP contribution >= 0.6 is 12.2 Å². The fraction of sp³-hybridized carbons (Fsp3) is 0.211. The van der Waals surface area contributed by atoms with E-state index in [-0.39, 0.29) is 16.9 Å². The molecule has 0 unspecified atom stereocenters. The Morgan fingerprint density at radius 1 is 1.00 bits per heavy atom. The van der Waals surface area contributed by atoms with Crippen LogP contribution in [0.2, 0.25) is 0 Å². The second-order valence-electron chi connectivity index (χ2n) is 5.51. The summed E-state index contributed by atoms with van der Waals surface area (Å²) in [5, 5.41) is 8.42. The summed E-state index contributed by atoms with van der Waals surface area (Å²) in [4.78, 5) is 23.5. The van der Waals surface area contributed by atoms with E-state index >= 15 is 0 Å². The van der Waals surface area contributed by atoms with Gasteiger partial charge in [-0.15, -0.1) is 0 Å². The third-order valence-electron chi connectivity index (χ3n) is 3.28. The maximum atomic E-state index is 12.4. The van der Waals surface area contributed by atoms with Crippen LogP contribution in [0.25, 0.3) is 0 Å². The monoisotopic (exact) mass is 371 g/mol. The average Bonchev–Trinajstić information content (AvgIpc) is 2.61. The Balaban J connectivity index is 1.97. The number of rotatable bonds is 6. The van der Waals surface area contributed by atoms with Crippen molar-refractivity contribution >= 4 is 40.5 Å². The molecule has 26 heavy (non-hydrogen) atoms. The maximum Gasteiger partial charge on any atom is 0.261 e. The lowest BCUT2D eigenvalue weighted by Crippen LogP contribution is -2.34. The zero-order valence-electron chi connectivity index (χ0n) is 14.7. The minimum Gasteiger partial charge on any atom is -0.493 e. The van der Waals surface area contributed by atoms with E-state index in [0.717, 1.165) is 6.42 Å². The first-order valence-electron chi connectivity index (χ1n) is 8.21. The molecule has 3 N–H and O–H groups in total. The van der Waals surface area contributed by atoms with Gasteiger partial charge in [-0.05, 0) is 55.0 Å². The predicted molar refractivity (Wildman–Crippen MR) is 107 cm³/mol. The third-order valence-corrected chi connectivity index (χ3v) is 3.49. The van der Waals surface area contributed by atoms with Crippen LogP contribution in [-0.4, -0.2) is 23.5 Å². The average molecular weight is 371 g/mol. The molecule has 0 fully saturated rings. The zero-order valence-corrected chi connectivity index (χ0v) is 15.5. The molecule has 0 bridgehead atoms. The number of ether oxygens (including phenoxy) is 1. The lowest BCUT2D eigenvalue weighted by atomic mass is 10.2. The van der Waals surface area contributed by atoms with E-state index in [4.69, 9.17) is 17.0 Å². The number of para-hydroxylation sites is 1. The summed E-state index contributed by atoms with van der Waals surface area (Å²) in [5.41, 5.74) is 1.80. The van der Waals surface area contributed by atoms with Crippen LogP contribution in [0, 0.1) is 0 Å². The van der Waals surface area contributed by atoms with Crippen molar-refractivity contribution in [1.82, 2.24) is 5.32 Å². The quantitative estimate of drug-likeness (QED) is 0.677. The van der Waals surface area contributed by atoms with Gasteiger partial charge >= 0.3 is 0 Å². The topological polar surface area (TPSA) is 79.5 Å². The Hall–Kier alpha value is -2.93. The molecule has 0 aromatic heterocycles. The van der Waals surface area contributed by atoms with Gasteiger partial charge < -0.3 is 15.4 Å². The van der Waals surface area contributed by atoms with Crippen LogP contribution in [0.3, 0.4) is 0 Å². The molecule has 0 saturated heterocycles. The highest BCUT2D eigenvalue weighted by Crippen LogP contribution is 2.18. The molecule has 0 spiro atoms. The van der Waals surface area contributed by atoms with Crippen molar-refractivity contribution in [2.24, 2.45) is 0 Å². The fourth-order valence-corrected chi connectivity index (χ4v) is 2.38. The molecule has 0 atom stereocenters. The number of nitrogens with one attached hydrogen (secondary N) is 3. The molecule has 0 aliphatic heterocycles. The van der Waals surface area contributed by atoms with E-state index in [2.05, 4.69) is 16.0 Å². The van der Waals surface area contributed by atoms with Gasteiger partial charge in [0.2, 0.25) is 5.91 Å². The highest BCUT2D eigenvalue weighted by atomic mass is 32.1. The first-order valence-corrected chi connectivity index (χ1v) is 8.62. The van der Waals surface area contributed by atoms with Gasteiger partial charge in [0.15, 0.2) is 5.11 Å². The number of thiocarbonyl (C=S) groups is 1. The van der Waals surface area contributed by atoms with Crippen LogP contribution in [-0.2, 0) is 4.79 Å². The van der Waals surface area contributed by atoms with Gasteiger partial charge in [0, 0.05) is 18.3 Å². The summed E-state index contributed by atoms with van der Waals surface area (Å²) in [6.07, 6.45) is 0.852. The van der Waals surface area contributed by atoms with Gasteiger partial charge in [-0.1, -0.05) is 19.1 Å². The van der Waals surface area contributed by atoms with E-state index in [1.54, 1.807) is 42.5 Å². The zero-order chi connectivity index (χ0) is 18.9. The molecule has 7 heteroatoms. The number of carbonyl (C=O) groups excluding carboxylic acids is 2. The van der Waals surface area contributed by atoms with Crippen LogP contribution < -0.4 is 20.7 Å². The van der Waals surface area contributed by atoms with Crippen molar-refractivity contribution in [3.05, 3.63) is 54.1 Å². The molecule has 2 rings (SSSR count). The van der Waals surface area contributed by atoms with E-state index in [1.807, 2.05) is 13.0 Å². The highest BCUT2D eigenvalue weighted by Gasteiger charge is 2.13. The predicted octanol–water partition coefficient (Wildman–Crippen LogP) is 3.56. The van der Waals surface area contributed by atoms with Crippen LogP contribution in [0.4, 0.5) is 11.4 Å². The van der Waals surface area contributed by atoms with Crippen molar-refractivity contribution in [3.8, 4) is 5.75 Å². The normalized spacial score (nSPS) is 9.92. The van der Waals surface area contributed by atoms with Gasteiger partial charge in [-0.2, -0.15) is 0 Å². The standard InChI is InChI=1S/C19H21N3O3S/c1-3-12-25-17-7-5-4-6-16(17)18(24)22-19(26)21-15-10-8-14(9-11-15)20-13(2)23/h4-11H,3,12H2,1-2H3,(H,20,23)(H2,21,22,24,26). The molecule has 0 radical (unpaired) electrons. The van der Waals surface area contributed by atoms with Crippen molar-refractivity contribution in [2.45, 2.75) is 20.3 Å². The highest BCUT2D eigenvalue weighted by molar-refractivity contribution is 7.80. The second-order valence-corrected chi connectivity index (χ2v) is 5.92. The first kappa shape index (κ1) is 19.4. The number of hydrogen-bond acceptors (Lipinski definition) is 4. The van der Waals surface area contributed by atoms with Crippen LogP contribution in [0.15, 0.2) is 48.5 Å². The molecule has 2 aromatic rings. The maximum absolute atomic E-state index is 12.4. The molecule has 0 aliphatic carbocycles. The van der Waals surface area contributed by atoms with Gasteiger partial charge in [0.1, 0.15) is 5.75 Å². The van der Waals surface area contributed by atoms with Gasteiger partial charge in [0.05, 0.1) is 12.2 Å². The lowest BCUT2D eigenvalue weighted by Gasteiger charge is -2.13. The Kier molecular flexibility index (Phi) is 7.11. The van der Waals surface area contributed by atoms with Gasteiger partial charge in [0.25, 0.3) is 5.91 Å². The summed E-state index contributed by atoms with van der Waals surface area (Å²) in [7, 11) is 0. The van der Waals surface area contributed by atoms with E-state index < -0.39 is 0 Å². The summed E-state index contributed by atoms with van der Waals surface area (Å²) in [6, 6.07) is 14.0. The Labute approximate surface area is 157 Å². The Morgan fingerprint density at radius 3 is 2.23 bits per heavy atom. The smallest absolute Gasteiger partial charge is 0.261 e. The number of hydrogen-bond donors (Lipinski definition) is 3. The SMILES string of the molecule is CCCOc1ccccc1C(=O)NC(=S)Nc1ccc(NC(C)=O)cc1. The van der Waals surface area contributed by atoms with Gasteiger partial charge in [-0.3, -0.25) is 14.9 Å². The van der Waals surface area contributed by atoms with Crippen molar-refractivity contribution in [1.29, 1.82) is 0 Å². The fourth-order valence-electron chi connectivity index (χ4n) is 2.17. The van der Waals surface area contributed by atoms with Crippen molar-refractivity contribution in [3.63, 3.8) is 0 Å². The molecular weight excluding hydrogens is 350 g/mol. The Morgan fingerprint density at radius 2 is 1.62 bits per heavy atom. The van der Waals surface area contributed by atoms with Crippen molar-refractivity contribution < 1.29 is 14.3 Å². The van der Waals surface area contributed by atoms with Gasteiger partial charge in [-0.25, -0.2) is 0 Å². The Bertz CT molecular complexity index is 791. The summed E-state index contributed by atoms with van der Waals surface area (Å²) in [5.74, 6) is 0.0378. The lowest BCUT2D eigenvalue weighted by molar-refractivity contribution is -0.114. The van der Waals surface area contributed by atoms with Crippen LogP contribution in [0.5, 0.6) is 5.75 Å².